The molecule has 0 fully saturated rings. The Labute approximate surface area is 227 Å². The van der Waals surface area contributed by atoms with E-state index in [2.05, 4.69) is 24.4 Å². The van der Waals surface area contributed by atoms with Crippen molar-refractivity contribution in [2.45, 2.75) is 19.1 Å². The Morgan fingerprint density at radius 3 is 1.83 bits per heavy atom. The summed E-state index contributed by atoms with van der Waals surface area (Å²) in [4.78, 5) is 12.1. The van der Waals surface area contributed by atoms with Crippen molar-refractivity contribution in [2.24, 2.45) is 0 Å². The van der Waals surface area contributed by atoms with Gasteiger partial charge in [-0.15, -0.1) is 11.3 Å². The van der Waals surface area contributed by atoms with Gasteiger partial charge >= 0.3 is 12.2 Å². The molecular weight excluding hydrogens is 589 g/mol. The average Bonchev–Trinajstić information content (AvgIpc) is 3.31. The second-order valence-electron chi connectivity index (χ2n) is 8.49. The van der Waals surface area contributed by atoms with Gasteiger partial charge in [-0.1, -0.05) is 0 Å². The minimum Gasteiger partial charge on any atom is -0.429 e. The summed E-state index contributed by atoms with van der Waals surface area (Å²) in [5.74, 6) is -12.1. The largest absolute Gasteiger partial charge is 0.454 e. The van der Waals surface area contributed by atoms with Gasteiger partial charge in [0.2, 0.25) is 5.01 Å². The van der Waals surface area contributed by atoms with Gasteiger partial charge in [0.1, 0.15) is 28.7 Å². The van der Waals surface area contributed by atoms with E-state index in [4.69, 9.17) is 0 Å². The van der Waals surface area contributed by atoms with Gasteiger partial charge in [0.25, 0.3) is 0 Å². The van der Waals surface area contributed by atoms with Crippen LogP contribution in [0.2, 0.25) is 0 Å². The van der Waals surface area contributed by atoms with Crippen molar-refractivity contribution in [1.29, 1.82) is 0 Å². The summed E-state index contributed by atoms with van der Waals surface area (Å²) in [7, 11) is 0. The molecule has 0 N–H and O–H groups in total. The van der Waals surface area contributed by atoms with Crippen molar-refractivity contribution in [3.05, 3.63) is 100 Å². The van der Waals surface area contributed by atoms with Gasteiger partial charge in [-0.25, -0.2) is 36.9 Å². The van der Waals surface area contributed by atoms with Crippen LogP contribution in [-0.2, 0) is 12.2 Å². The molecule has 3 aromatic carbocycles. The summed E-state index contributed by atoms with van der Waals surface area (Å²) in [5.41, 5.74) is -0.625. The monoisotopic (exact) mass is 601 g/mol. The molecule has 0 aliphatic carbocycles. The second-order valence-corrected chi connectivity index (χ2v) is 9.52. The van der Waals surface area contributed by atoms with Gasteiger partial charge in [0.05, 0.1) is 10.2 Å². The van der Waals surface area contributed by atoms with Crippen molar-refractivity contribution >= 4 is 21.6 Å². The summed E-state index contributed by atoms with van der Waals surface area (Å²) < 4.78 is 136. The fraction of sp³-hybridized carbons (Fsp3) is 0.115. The molecule has 2 heterocycles. The summed E-state index contributed by atoms with van der Waals surface area (Å²) in [6.45, 7) is 1.79. The summed E-state index contributed by atoms with van der Waals surface area (Å²) in [5, 5.41) is -0.909. The van der Waals surface area contributed by atoms with Crippen LogP contribution in [0.1, 0.15) is 16.1 Å². The normalized spacial score (nSPS) is 12.1. The Bertz CT molecular complexity index is 1730. The first-order valence-corrected chi connectivity index (χ1v) is 12.0. The highest BCUT2D eigenvalue weighted by Gasteiger charge is 2.43. The van der Waals surface area contributed by atoms with Crippen molar-refractivity contribution in [3.63, 3.8) is 0 Å². The molecule has 0 saturated heterocycles. The molecule has 41 heavy (non-hydrogen) atoms. The molecule has 2 aromatic heterocycles. The molecule has 0 atom stereocenters. The van der Waals surface area contributed by atoms with Crippen LogP contribution in [-0.4, -0.2) is 15.0 Å². The lowest BCUT2D eigenvalue weighted by Gasteiger charge is -2.21. The third kappa shape index (κ3) is 5.62. The maximum Gasteiger partial charge on any atom is 0.454 e. The highest BCUT2D eigenvalue weighted by atomic mass is 32.1. The predicted octanol–water partition coefficient (Wildman–Crippen LogP) is 8.01. The lowest BCUT2D eigenvalue weighted by molar-refractivity contribution is -0.190. The van der Waals surface area contributed by atoms with E-state index >= 15 is 0 Å². The third-order valence-electron chi connectivity index (χ3n) is 5.43. The van der Waals surface area contributed by atoms with Crippen LogP contribution in [0.4, 0.5) is 39.5 Å². The lowest BCUT2D eigenvalue weighted by Crippen LogP contribution is -2.26. The second kappa shape index (κ2) is 10.2. The molecular formula is C26H12F9N3O2S. The number of halogens is 9. The number of benzene rings is 3. The van der Waals surface area contributed by atoms with Crippen LogP contribution in [0.25, 0.3) is 21.6 Å². The molecule has 15 heteroatoms. The first-order valence-electron chi connectivity index (χ1n) is 11.2. The molecule has 5 nitrogen and oxygen atoms in total. The number of hydrogen-bond donors (Lipinski definition) is 0. The minimum absolute atomic E-state index is 0.0227. The highest BCUT2D eigenvalue weighted by Crippen LogP contribution is 2.41. The molecule has 5 aromatic rings. The van der Waals surface area contributed by atoms with Gasteiger partial charge in [0, 0.05) is 42.2 Å². The van der Waals surface area contributed by atoms with E-state index in [9.17, 15) is 39.5 Å². The predicted molar refractivity (Wildman–Crippen MR) is 127 cm³/mol. The Hall–Kier alpha value is -4.40. The molecule has 0 saturated carbocycles. The number of ether oxygens (including phenoxy) is 2. The maximum atomic E-state index is 14.9. The number of fused-ring (bicyclic) bond motifs is 1. The number of aromatic nitrogens is 3. The van der Waals surface area contributed by atoms with E-state index in [-0.39, 0.29) is 34.5 Å². The molecule has 0 spiro atoms. The molecule has 0 aliphatic rings. The number of aryl methyl sites for hydroxylation is 1. The van der Waals surface area contributed by atoms with Crippen LogP contribution in [0, 0.1) is 36.0 Å². The molecule has 0 amide bonds. The standard InChI is InChI=1S/C26H12F9N3O2S/c1-11-9-36-23(37-10-11)12-2-3-19-20(4-12)41-24(38-19)26(34,35)40-13-5-15(27)21(16(28)6-13)25(32,33)39-14-7-17(29)22(31)18(30)8-14/h2-10H,1H3. The van der Waals surface area contributed by atoms with Gasteiger partial charge in [0.15, 0.2) is 23.3 Å². The van der Waals surface area contributed by atoms with Crippen LogP contribution >= 0.6 is 11.3 Å². The molecule has 0 radical (unpaired) electrons. The zero-order valence-electron chi connectivity index (χ0n) is 20.2. The minimum atomic E-state index is -4.90. The zero-order valence-corrected chi connectivity index (χ0v) is 21.0. The number of thiazole rings is 1. The van der Waals surface area contributed by atoms with E-state index in [0.29, 0.717) is 22.7 Å². The quantitative estimate of drug-likeness (QED) is 0.140. The smallest absolute Gasteiger partial charge is 0.429 e. The first-order chi connectivity index (χ1) is 19.2. The molecule has 0 unspecified atom stereocenters. The first kappa shape index (κ1) is 28.1. The fourth-order valence-electron chi connectivity index (χ4n) is 3.60. The Kier molecular flexibility index (Phi) is 7.01. The van der Waals surface area contributed by atoms with E-state index in [1.54, 1.807) is 25.4 Å². The SMILES string of the molecule is Cc1cnc(-c2ccc3nc(C(F)(F)Oc4cc(F)c(C(F)(F)Oc5cc(F)c(F)c(F)c5)c(F)c4)sc3c2)nc1. The number of alkyl halides is 4. The van der Waals surface area contributed by atoms with Crippen LogP contribution in [0.15, 0.2) is 54.9 Å². The molecule has 0 aliphatic heterocycles. The van der Waals surface area contributed by atoms with Gasteiger partial charge in [-0.2, -0.15) is 17.6 Å². The van der Waals surface area contributed by atoms with Crippen molar-refractivity contribution in [3.8, 4) is 22.9 Å². The van der Waals surface area contributed by atoms with E-state index in [0.717, 1.165) is 5.56 Å². The molecule has 5 rings (SSSR count). The van der Waals surface area contributed by atoms with Crippen LogP contribution in [0.3, 0.4) is 0 Å². The van der Waals surface area contributed by atoms with Crippen molar-refractivity contribution < 1.29 is 49.0 Å². The zero-order chi connectivity index (χ0) is 29.7. The topological polar surface area (TPSA) is 57.1 Å². The van der Waals surface area contributed by atoms with Gasteiger partial charge in [-0.05, 0) is 30.7 Å². The van der Waals surface area contributed by atoms with Crippen molar-refractivity contribution in [2.75, 3.05) is 0 Å². The lowest BCUT2D eigenvalue weighted by atomic mass is 10.1. The summed E-state index contributed by atoms with van der Waals surface area (Å²) in [6, 6.07) is 4.61. The third-order valence-corrected chi connectivity index (χ3v) is 6.50. The molecule has 212 valence electrons. The van der Waals surface area contributed by atoms with Crippen LogP contribution < -0.4 is 9.47 Å². The maximum absolute atomic E-state index is 14.9. The summed E-state index contributed by atoms with van der Waals surface area (Å²) >= 11 is 0.499. The van der Waals surface area contributed by atoms with Gasteiger partial charge < -0.3 is 9.47 Å². The Morgan fingerprint density at radius 1 is 0.707 bits per heavy atom. The average molecular weight is 601 g/mol. The van der Waals surface area contributed by atoms with E-state index in [1.165, 1.54) is 12.1 Å². The van der Waals surface area contributed by atoms with E-state index in [1.807, 2.05) is 0 Å². The Morgan fingerprint density at radius 2 is 1.24 bits per heavy atom. The number of rotatable bonds is 7. The van der Waals surface area contributed by atoms with Gasteiger partial charge in [-0.3, -0.25) is 0 Å². The van der Waals surface area contributed by atoms with E-state index < -0.39 is 63.4 Å². The van der Waals surface area contributed by atoms with Crippen LogP contribution in [0.5, 0.6) is 11.5 Å². The van der Waals surface area contributed by atoms with Crippen molar-refractivity contribution in [1.82, 2.24) is 15.0 Å². The fourth-order valence-corrected chi connectivity index (χ4v) is 4.52. The summed E-state index contributed by atoms with van der Waals surface area (Å²) in [6.07, 6.45) is -6.02. The number of nitrogens with zero attached hydrogens (tertiary/aromatic N) is 3. The Balaban J connectivity index is 1.40. The highest BCUT2D eigenvalue weighted by molar-refractivity contribution is 7.18. The molecule has 0 bridgehead atoms. The number of hydrogen-bond acceptors (Lipinski definition) is 6.